The third-order valence-electron chi connectivity index (χ3n) is 8.92. The smallest absolute Gasteiger partial charge is 0.872 e. The summed E-state index contributed by atoms with van der Waals surface area (Å²) in [7, 11) is -18.7. The van der Waals surface area contributed by atoms with E-state index in [4.69, 9.17) is 0 Å². The zero-order valence-corrected chi connectivity index (χ0v) is 43.6. The van der Waals surface area contributed by atoms with E-state index in [9.17, 15) is 64.9 Å². The van der Waals surface area contributed by atoms with Gasteiger partial charge >= 0.3 is 76.7 Å². The molecule has 2 aromatic heterocycles. The van der Waals surface area contributed by atoms with Gasteiger partial charge in [0.05, 0.1) is 11.4 Å². The van der Waals surface area contributed by atoms with Gasteiger partial charge in [-0.1, -0.05) is 60.7 Å². The summed E-state index contributed by atoms with van der Waals surface area (Å²) >= 11 is 0. The molecule has 0 amide bonds. The summed E-state index contributed by atoms with van der Waals surface area (Å²) in [5, 5.41) is 23.9. The fourth-order valence-corrected chi connectivity index (χ4v) is 8.67. The predicted octanol–water partition coefficient (Wildman–Crippen LogP) is -7.18. The Morgan fingerprint density at radius 1 is 0.559 bits per heavy atom. The molecular weight excluding hydrogens is 987 g/mol. The summed E-state index contributed by atoms with van der Waals surface area (Å²) in [5.74, 6) is -0.749. The van der Waals surface area contributed by atoms with Crippen molar-refractivity contribution in [2.75, 3.05) is 13.1 Å². The third kappa shape index (κ3) is 17.1. The molecule has 0 saturated carbocycles. The Labute approximate surface area is 432 Å². The van der Waals surface area contributed by atoms with Crippen LogP contribution >= 0.6 is 0 Å². The van der Waals surface area contributed by atoms with Crippen LogP contribution in [0.4, 0.5) is 11.4 Å². The maximum atomic E-state index is 12.8. The molecule has 12 N–H and O–H groups in total. The van der Waals surface area contributed by atoms with Crippen molar-refractivity contribution in [3.8, 4) is 34.3 Å². The second-order valence-corrected chi connectivity index (χ2v) is 21.2. The number of rotatable bonds is 16. The Morgan fingerprint density at radius 2 is 0.941 bits per heavy atom. The van der Waals surface area contributed by atoms with E-state index in [2.05, 4.69) is 49.9 Å². The molecule has 0 aliphatic heterocycles. The van der Waals surface area contributed by atoms with Crippen LogP contribution in [0, 0.1) is 0 Å². The summed E-state index contributed by atoms with van der Waals surface area (Å²) in [4.78, 5) is 92.1. The number of aromatic nitrogens is 6. The van der Waals surface area contributed by atoms with Crippen molar-refractivity contribution in [1.29, 1.82) is 0 Å². The minimum absolute atomic E-state index is 0. The second-order valence-electron chi connectivity index (χ2n) is 14.3. The van der Waals surface area contributed by atoms with Crippen molar-refractivity contribution < 1.29 is 124 Å². The van der Waals surface area contributed by atoms with Gasteiger partial charge in [0.2, 0.25) is 22.5 Å². The van der Waals surface area contributed by atoms with Crippen LogP contribution in [0.25, 0.3) is 34.9 Å². The molecule has 348 valence electrons. The summed E-state index contributed by atoms with van der Waals surface area (Å²) in [6, 6.07) is 18.0. The first kappa shape index (κ1) is 56.0. The molecular formula is C38H40N10Na2O14S2Si2. The van der Waals surface area contributed by atoms with Gasteiger partial charge in [-0.2, -0.15) is 26.8 Å². The summed E-state index contributed by atoms with van der Waals surface area (Å²) in [6.07, 6.45) is 2.45. The van der Waals surface area contributed by atoms with Gasteiger partial charge in [-0.15, -0.1) is 11.5 Å². The summed E-state index contributed by atoms with van der Waals surface area (Å²) < 4.78 is 71.9. The van der Waals surface area contributed by atoms with Crippen LogP contribution in [0.1, 0.15) is 24.0 Å². The molecule has 0 fully saturated rings. The van der Waals surface area contributed by atoms with Gasteiger partial charge in [-0.3, -0.25) is 29.1 Å². The van der Waals surface area contributed by atoms with Gasteiger partial charge in [-0.25, -0.2) is 9.98 Å². The van der Waals surface area contributed by atoms with Gasteiger partial charge in [0.25, 0.3) is 20.2 Å². The van der Waals surface area contributed by atoms with Crippen LogP contribution in [0.2, 0.25) is 12.1 Å². The maximum absolute atomic E-state index is 12.8. The van der Waals surface area contributed by atoms with Gasteiger partial charge in [0.15, 0.2) is 0 Å². The van der Waals surface area contributed by atoms with Crippen LogP contribution < -0.4 is 91.8 Å². The first-order valence-corrected chi connectivity index (χ1v) is 26.3. The van der Waals surface area contributed by atoms with Crippen molar-refractivity contribution in [2.24, 2.45) is 20.0 Å². The summed E-state index contributed by atoms with van der Waals surface area (Å²) in [5.41, 5.74) is 0.138. The number of aromatic amines is 4. The van der Waals surface area contributed by atoms with E-state index in [1.165, 1.54) is 84.9 Å². The third-order valence-corrected chi connectivity index (χ3v) is 12.8. The molecule has 0 spiro atoms. The second kappa shape index (κ2) is 23.8. The van der Waals surface area contributed by atoms with E-state index in [0.29, 0.717) is 0 Å². The predicted molar refractivity (Wildman–Crippen MR) is 232 cm³/mol. The molecule has 0 aliphatic rings. The monoisotopic (exact) mass is 1030 g/mol. The molecule has 6 aromatic rings. The molecule has 0 unspecified atom stereocenters. The van der Waals surface area contributed by atoms with Crippen LogP contribution in [-0.2, 0) is 20.2 Å². The Bertz CT molecular complexity index is 3100. The number of benzene rings is 4. The molecule has 0 radical (unpaired) electrons. The first-order valence-electron chi connectivity index (χ1n) is 19.3. The molecule has 30 heteroatoms. The van der Waals surface area contributed by atoms with Crippen LogP contribution in [-0.4, -0.2) is 115 Å². The zero-order chi connectivity index (χ0) is 47.9. The Hall–Kier alpha value is -4.55. The molecule has 0 atom stereocenters. The average molecular weight is 1030 g/mol. The van der Waals surface area contributed by atoms with E-state index in [-0.39, 0.29) is 176 Å². The number of nitrogens with one attached hydrogen (secondary N) is 4. The fraction of sp³-hybridized carbons (Fsp3) is 0.158. The molecule has 6 rings (SSSR count). The molecule has 0 saturated heterocycles. The quantitative estimate of drug-likeness (QED) is 0.0185. The summed E-state index contributed by atoms with van der Waals surface area (Å²) in [6.45, 7) is -0.0790. The van der Waals surface area contributed by atoms with E-state index >= 15 is 0 Å². The van der Waals surface area contributed by atoms with Crippen molar-refractivity contribution in [1.82, 2.24) is 29.9 Å². The molecule has 0 aliphatic carbocycles. The van der Waals surface area contributed by atoms with Crippen molar-refractivity contribution in [2.45, 2.75) is 34.7 Å². The number of hydrogen-bond acceptors (Lipinski definition) is 18. The normalized spacial score (nSPS) is 13.5. The van der Waals surface area contributed by atoms with Crippen molar-refractivity contribution in [3.05, 3.63) is 119 Å². The van der Waals surface area contributed by atoms with Crippen LogP contribution in [0.3, 0.4) is 0 Å². The van der Waals surface area contributed by atoms with Gasteiger partial charge in [0, 0.05) is 36.3 Å². The molecule has 4 aromatic carbocycles. The van der Waals surface area contributed by atoms with Crippen LogP contribution in [0.5, 0.6) is 11.5 Å². The fourth-order valence-electron chi connectivity index (χ4n) is 5.99. The van der Waals surface area contributed by atoms with Crippen molar-refractivity contribution >= 4 is 61.4 Å². The molecule has 68 heavy (non-hydrogen) atoms. The standard InChI is InChI=1S/C38H42N10O14S2Si2.2Na/c49-29-7-1-5-27(21-29)41-37-45-33(43-35(47-37)39-15-3-17-65(57,58)59)25-13-11-23(31(19-25)63(51,52)53)9-10-24-12-14-26(20-32(24)64(54,55)56)34-44-36(40-16-4-18-66(60,61)62)48-38(46-34)42-28-6-2-8-30(50)22-28;;/h1-2,5-14,19-22,49-50,57-62H,3-4,15-18H2,(H,51,52,53)(H,54,55,56)(H2,39,41,43,45,47)(H2,40,42,44,46,48);;/q;2*+1/p-2/b10-9+;;. The van der Waals surface area contributed by atoms with Gasteiger partial charge in [-0.05, 0) is 60.4 Å². The van der Waals surface area contributed by atoms with E-state index in [0.717, 1.165) is 12.1 Å². The molecule has 24 nitrogen and oxygen atoms in total. The Kier molecular flexibility index (Phi) is 19.7. The van der Waals surface area contributed by atoms with Gasteiger partial charge in [0.1, 0.15) is 21.4 Å². The maximum Gasteiger partial charge on any atom is 1.00 e. The van der Waals surface area contributed by atoms with Gasteiger partial charge < -0.3 is 49.0 Å². The number of hydrogen-bond donors (Lipinski definition) is 12. The minimum atomic E-state index is -5.01. The topological polar surface area (TPSA) is 415 Å². The zero-order valence-electron chi connectivity index (χ0n) is 36.0. The number of H-pyrrole nitrogens is 4. The van der Waals surface area contributed by atoms with Crippen molar-refractivity contribution in [3.63, 3.8) is 0 Å². The molecule has 0 bridgehead atoms. The van der Waals surface area contributed by atoms with E-state index in [1.54, 1.807) is 0 Å². The SMILES string of the molecule is O=S(=O)(O)c1cc(-c2nc(=NCCC[Si](O)(O)O)[nH]c(=Nc3cccc([O-])c3)[nH]2)ccc1/C=C/c1ccc(-c2nc(=NCCC[Si](O)(O)O)[nH]c(=Nc3cccc([O-])c3)[nH]2)cc1S(=O)(=O)O.[Na+].[Na+]. The van der Waals surface area contributed by atoms with E-state index < -0.39 is 47.6 Å². The Morgan fingerprint density at radius 3 is 1.28 bits per heavy atom. The van der Waals surface area contributed by atoms with E-state index in [1.807, 2.05) is 0 Å². The first-order chi connectivity index (χ1) is 31.0. The molecule has 2 heterocycles. The average Bonchev–Trinajstić information content (AvgIpc) is 3.22. The largest absolute Gasteiger partial charge is 1.00 e. The number of nitrogens with zero attached hydrogens (tertiary/aromatic N) is 6. The Balaban J connectivity index is 0.00000504. The minimum Gasteiger partial charge on any atom is -0.872 e. The van der Waals surface area contributed by atoms with Crippen LogP contribution in [0.15, 0.2) is 115 Å².